The maximum Gasteiger partial charge on any atom is 0.0596 e. The summed E-state index contributed by atoms with van der Waals surface area (Å²) in [4.78, 5) is 0.558. The van der Waals surface area contributed by atoms with Gasteiger partial charge in [0, 0.05) is 17.1 Å². The second kappa shape index (κ2) is 4.96. The zero-order chi connectivity index (χ0) is 10.7. The van der Waals surface area contributed by atoms with Crippen molar-refractivity contribution in [1.82, 2.24) is 9.78 Å². The molecule has 0 aliphatic heterocycles. The monoisotopic (exact) mass is 258 g/mol. The molecule has 0 aliphatic rings. The standard InChI is InChI=1S/C11H19BrN2/c1-5-14-11(7-9(3)13-14)6-8(2)10(4)12/h7-8,10H,5-6H2,1-4H3. The van der Waals surface area contributed by atoms with E-state index in [4.69, 9.17) is 0 Å². The van der Waals surface area contributed by atoms with Crippen molar-refractivity contribution in [3.63, 3.8) is 0 Å². The minimum absolute atomic E-state index is 0.558. The SMILES string of the molecule is CCn1nc(C)cc1CC(C)C(C)Br. The van der Waals surface area contributed by atoms with Crippen LogP contribution in [0.5, 0.6) is 0 Å². The third kappa shape index (κ3) is 2.84. The van der Waals surface area contributed by atoms with Gasteiger partial charge in [-0.25, -0.2) is 0 Å². The van der Waals surface area contributed by atoms with Gasteiger partial charge in [0.1, 0.15) is 0 Å². The molecule has 0 aromatic carbocycles. The van der Waals surface area contributed by atoms with Crippen molar-refractivity contribution in [3.8, 4) is 0 Å². The number of nitrogens with zero attached hydrogens (tertiary/aromatic N) is 2. The molecule has 1 aromatic rings. The number of aryl methyl sites for hydroxylation is 2. The highest BCUT2D eigenvalue weighted by Gasteiger charge is 2.12. The van der Waals surface area contributed by atoms with E-state index in [0.29, 0.717) is 10.7 Å². The molecule has 0 amide bonds. The normalized spacial score (nSPS) is 15.5. The Balaban J connectivity index is 2.74. The molecule has 0 saturated heterocycles. The molecule has 14 heavy (non-hydrogen) atoms. The molecule has 1 rings (SSSR count). The summed E-state index contributed by atoms with van der Waals surface area (Å²) in [6.45, 7) is 9.62. The molecule has 3 heteroatoms. The Bertz CT molecular complexity index is 291. The first-order valence-corrected chi connectivity index (χ1v) is 6.13. The quantitative estimate of drug-likeness (QED) is 0.759. The summed E-state index contributed by atoms with van der Waals surface area (Å²) in [7, 11) is 0. The van der Waals surface area contributed by atoms with Crippen LogP contribution in [-0.4, -0.2) is 14.6 Å². The number of hydrogen-bond acceptors (Lipinski definition) is 1. The van der Waals surface area contributed by atoms with Crippen molar-refractivity contribution in [1.29, 1.82) is 0 Å². The highest BCUT2D eigenvalue weighted by Crippen LogP contribution is 2.18. The summed E-state index contributed by atoms with van der Waals surface area (Å²) in [5.41, 5.74) is 2.47. The Morgan fingerprint density at radius 2 is 2.14 bits per heavy atom. The lowest BCUT2D eigenvalue weighted by Crippen LogP contribution is -2.13. The van der Waals surface area contributed by atoms with Crippen LogP contribution in [0.4, 0.5) is 0 Å². The Morgan fingerprint density at radius 3 is 2.64 bits per heavy atom. The van der Waals surface area contributed by atoms with Crippen molar-refractivity contribution >= 4 is 15.9 Å². The van der Waals surface area contributed by atoms with E-state index in [1.54, 1.807) is 0 Å². The van der Waals surface area contributed by atoms with Gasteiger partial charge in [-0.15, -0.1) is 0 Å². The van der Waals surface area contributed by atoms with E-state index in [0.717, 1.165) is 18.7 Å². The van der Waals surface area contributed by atoms with E-state index < -0.39 is 0 Å². The number of rotatable bonds is 4. The molecule has 0 aliphatic carbocycles. The zero-order valence-electron chi connectivity index (χ0n) is 9.42. The van der Waals surface area contributed by atoms with Crippen LogP contribution in [0.15, 0.2) is 6.07 Å². The highest BCUT2D eigenvalue weighted by atomic mass is 79.9. The number of hydrogen-bond donors (Lipinski definition) is 0. The maximum atomic E-state index is 4.44. The average Bonchev–Trinajstić information content (AvgIpc) is 2.45. The van der Waals surface area contributed by atoms with Gasteiger partial charge in [0.05, 0.1) is 5.69 Å². The van der Waals surface area contributed by atoms with E-state index in [1.807, 2.05) is 0 Å². The molecule has 0 bridgehead atoms. The maximum absolute atomic E-state index is 4.44. The van der Waals surface area contributed by atoms with Crippen LogP contribution in [0.2, 0.25) is 0 Å². The molecule has 80 valence electrons. The van der Waals surface area contributed by atoms with Crippen LogP contribution in [0.3, 0.4) is 0 Å². The van der Waals surface area contributed by atoms with E-state index in [9.17, 15) is 0 Å². The first-order chi connectivity index (χ1) is 6.54. The Morgan fingerprint density at radius 1 is 1.50 bits per heavy atom. The summed E-state index contributed by atoms with van der Waals surface area (Å²) in [6.07, 6.45) is 1.10. The van der Waals surface area contributed by atoms with E-state index >= 15 is 0 Å². The van der Waals surface area contributed by atoms with Gasteiger partial charge < -0.3 is 0 Å². The van der Waals surface area contributed by atoms with Gasteiger partial charge in [0.15, 0.2) is 0 Å². The van der Waals surface area contributed by atoms with Crippen LogP contribution in [-0.2, 0) is 13.0 Å². The summed E-state index contributed by atoms with van der Waals surface area (Å²) in [5.74, 6) is 0.649. The predicted octanol–water partition coefficient (Wildman–Crippen LogP) is 3.17. The minimum atomic E-state index is 0.558. The van der Waals surface area contributed by atoms with Gasteiger partial charge in [0.25, 0.3) is 0 Å². The fourth-order valence-electron chi connectivity index (χ4n) is 1.53. The molecule has 0 fully saturated rings. The molecular weight excluding hydrogens is 240 g/mol. The van der Waals surface area contributed by atoms with Gasteiger partial charge in [-0.05, 0) is 32.3 Å². The Labute approximate surface area is 94.8 Å². The third-order valence-corrected chi connectivity index (χ3v) is 3.50. The van der Waals surface area contributed by atoms with Gasteiger partial charge in [-0.1, -0.05) is 29.8 Å². The molecular formula is C11H19BrN2. The first-order valence-electron chi connectivity index (χ1n) is 5.22. The zero-order valence-corrected chi connectivity index (χ0v) is 11.0. The summed E-state index contributed by atoms with van der Waals surface area (Å²) in [5, 5.41) is 4.44. The fraction of sp³-hybridized carbons (Fsp3) is 0.727. The van der Waals surface area contributed by atoms with Crippen LogP contribution >= 0.6 is 15.9 Å². The van der Waals surface area contributed by atoms with Gasteiger partial charge in [-0.3, -0.25) is 4.68 Å². The summed E-state index contributed by atoms with van der Waals surface area (Å²) in [6, 6.07) is 2.19. The highest BCUT2D eigenvalue weighted by molar-refractivity contribution is 9.09. The van der Waals surface area contributed by atoms with Crippen molar-refractivity contribution in [2.75, 3.05) is 0 Å². The topological polar surface area (TPSA) is 17.8 Å². The smallest absolute Gasteiger partial charge is 0.0596 e. The molecule has 2 atom stereocenters. The molecule has 1 aromatic heterocycles. The van der Waals surface area contributed by atoms with Crippen molar-refractivity contribution in [3.05, 3.63) is 17.5 Å². The number of halogens is 1. The van der Waals surface area contributed by atoms with E-state index in [1.165, 1.54) is 5.69 Å². The van der Waals surface area contributed by atoms with Crippen molar-refractivity contribution in [2.24, 2.45) is 5.92 Å². The number of aromatic nitrogens is 2. The lowest BCUT2D eigenvalue weighted by Gasteiger charge is -2.14. The Hall–Kier alpha value is -0.310. The van der Waals surface area contributed by atoms with Crippen LogP contribution in [0.1, 0.15) is 32.2 Å². The molecule has 2 unspecified atom stereocenters. The fourth-order valence-corrected chi connectivity index (χ4v) is 1.72. The largest absolute Gasteiger partial charge is 0.270 e. The molecule has 2 nitrogen and oxygen atoms in total. The molecule has 0 spiro atoms. The van der Waals surface area contributed by atoms with Crippen LogP contribution in [0.25, 0.3) is 0 Å². The molecule has 0 saturated carbocycles. The van der Waals surface area contributed by atoms with Crippen LogP contribution < -0.4 is 0 Å². The van der Waals surface area contributed by atoms with E-state index in [-0.39, 0.29) is 0 Å². The third-order valence-electron chi connectivity index (χ3n) is 2.60. The summed E-state index contributed by atoms with van der Waals surface area (Å²) >= 11 is 3.62. The molecule has 0 radical (unpaired) electrons. The lowest BCUT2D eigenvalue weighted by molar-refractivity contribution is 0.530. The van der Waals surface area contributed by atoms with E-state index in [2.05, 4.69) is 59.5 Å². The summed E-state index contributed by atoms with van der Waals surface area (Å²) < 4.78 is 2.10. The first kappa shape index (κ1) is 11.8. The van der Waals surface area contributed by atoms with Gasteiger partial charge in [0.2, 0.25) is 0 Å². The predicted molar refractivity (Wildman–Crippen MR) is 63.9 cm³/mol. The molecule has 1 heterocycles. The van der Waals surface area contributed by atoms with Crippen LogP contribution in [0, 0.1) is 12.8 Å². The van der Waals surface area contributed by atoms with Gasteiger partial charge in [-0.2, -0.15) is 5.10 Å². The van der Waals surface area contributed by atoms with Crippen molar-refractivity contribution in [2.45, 2.75) is 45.5 Å². The number of alkyl halides is 1. The second-order valence-electron chi connectivity index (χ2n) is 3.95. The average molecular weight is 259 g/mol. The van der Waals surface area contributed by atoms with Gasteiger partial charge >= 0.3 is 0 Å². The lowest BCUT2D eigenvalue weighted by atomic mass is 10.0. The Kier molecular flexibility index (Phi) is 4.17. The van der Waals surface area contributed by atoms with Crippen molar-refractivity contribution < 1.29 is 0 Å². The molecule has 0 N–H and O–H groups in total. The second-order valence-corrected chi connectivity index (χ2v) is 5.40. The minimum Gasteiger partial charge on any atom is -0.270 e.